The molecule has 1 unspecified atom stereocenters. The molecular formula is C23H29ClN4O3. The highest BCUT2D eigenvalue weighted by atomic mass is 35.5. The summed E-state index contributed by atoms with van der Waals surface area (Å²) in [4.78, 5) is 16.7. The van der Waals surface area contributed by atoms with Gasteiger partial charge in [-0.05, 0) is 45.2 Å². The summed E-state index contributed by atoms with van der Waals surface area (Å²) in [6, 6.07) is 11.5. The molecule has 1 aromatic carbocycles. The summed E-state index contributed by atoms with van der Waals surface area (Å²) in [5, 5.41) is 8.60. The van der Waals surface area contributed by atoms with E-state index >= 15 is 0 Å². The third-order valence-electron chi connectivity index (χ3n) is 4.67. The van der Waals surface area contributed by atoms with E-state index in [0.29, 0.717) is 24.8 Å². The van der Waals surface area contributed by atoms with Crippen LogP contribution < -0.4 is 5.32 Å². The number of halogens is 1. The van der Waals surface area contributed by atoms with Gasteiger partial charge in [-0.1, -0.05) is 41.9 Å². The van der Waals surface area contributed by atoms with Gasteiger partial charge in [0, 0.05) is 19.0 Å². The molecule has 7 nitrogen and oxygen atoms in total. The maximum Gasteiger partial charge on any atom is 0.408 e. The van der Waals surface area contributed by atoms with E-state index in [1.807, 2.05) is 58.2 Å². The molecule has 2 aromatic heterocycles. The molecule has 1 N–H and O–H groups in total. The molecule has 0 bridgehead atoms. The van der Waals surface area contributed by atoms with Crippen LogP contribution in [0.2, 0.25) is 5.15 Å². The van der Waals surface area contributed by atoms with Crippen LogP contribution >= 0.6 is 11.6 Å². The number of carbonyl (C=O) groups excluding carboxylic acids is 1. The highest BCUT2D eigenvalue weighted by Crippen LogP contribution is 2.22. The standard InChI is InChI=1S/C23H29ClN4O3/c1-23(2,3)31-22(29)27-18(16-9-6-5-7-10-16)11-8-12-30-15-19-21-17(13-20(24)26-19)14-25-28(21)4/h5-7,9-10,13-14,18H,8,11-12,15H2,1-4H3,(H,27,29). The molecule has 8 heteroatoms. The smallest absolute Gasteiger partial charge is 0.408 e. The lowest BCUT2D eigenvalue weighted by atomic mass is 10.0. The van der Waals surface area contributed by atoms with Crippen LogP contribution in [0.4, 0.5) is 4.79 Å². The van der Waals surface area contributed by atoms with Gasteiger partial charge in [-0.25, -0.2) is 9.78 Å². The van der Waals surface area contributed by atoms with E-state index in [2.05, 4.69) is 15.4 Å². The first-order chi connectivity index (χ1) is 14.7. The number of aromatic nitrogens is 3. The number of nitrogens with one attached hydrogen (secondary N) is 1. The second-order valence-corrected chi connectivity index (χ2v) is 8.79. The lowest BCUT2D eigenvalue weighted by Crippen LogP contribution is -2.35. The van der Waals surface area contributed by atoms with Gasteiger partial charge in [0.05, 0.1) is 30.1 Å². The third kappa shape index (κ3) is 6.67. The summed E-state index contributed by atoms with van der Waals surface area (Å²) in [5.41, 5.74) is 2.16. The molecule has 0 radical (unpaired) electrons. The number of ether oxygens (including phenoxy) is 2. The van der Waals surface area contributed by atoms with Crippen LogP contribution in [0, 0.1) is 0 Å². The van der Waals surface area contributed by atoms with Gasteiger partial charge in [0.2, 0.25) is 0 Å². The Labute approximate surface area is 187 Å². The van der Waals surface area contributed by atoms with Gasteiger partial charge >= 0.3 is 6.09 Å². The van der Waals surface area contributed by atoms with Gasteiger partial charge in [0.1, 0.15) is 10.8 Å². The number of hydrogen-bond donors (Lipinski definition) is 1. The molecule has 3 aromatic rings. The van der Waals surface area contributed by atoms with Crippen molar-refractivity contribution in [1.82, 2.24) is 20.1 Å². The van der Waals surface area contributed by atoms with E-state index in [1.54, 1.807) is 16.9 Å². The van der Waals surface area contributed by atoms with Gasteiger partial charge in [0.25, 0.3) is 0 Å². The Bertz CT molecular complexity index is 1010. The average molecular weight is 445 g/mol. The van der Waals surface area contributed by atoms with E-state index in [-0.39, 0.29) is 6.04 Å². The number of fused-ring (bicyclic) bond motifs is 1. The molecule has 0 spiro atoms. The molecule has 3 rings (SSSR count). The predicted molar refractivity (Wildman–Crippen MR) is 121 cm³/mol. The van der Waals surface area contributed by atoms with E-state index in [4.69, 9.17) is 21.1 Å². The maximum atomic E-state index is 12.3. The minimum absolute atomic E-state index is 0.160. The Balaban J connectivity index is 1.56. The molecule has 0 saturated carbocycles. The fourth-order valence-electron chi connectivity index (χ4n) is 3.37. The Kier molecular flexibility index (Phi) is 7.51. The largest absolute Gasteiger partial charge is 0.444 e. The summed E-state index contributed by atoms with van der Waals surface area (Å²) in [5.74, 6) is 0. The lowest BCUT2D eigenvalue weighted by Gasteiger charge is -2.24. The average Bonchev–Trinajstić information content (AvgIpc) is 3.06. The molecule has 0 aliphatic heterocycles. The van der Waals surface area contributed by atoms with E-state index in [1.165, 1.54) is 0 Å². The lowest BCUT2D eigenvalue weighted by molar-refractivity contribution is 0.0494. The monoisotopic (exact) mass is 444 g/mol. The quantitative estimate of drug-likeness (QED) is 0.382. The molecule has 31 heavy (non-hydrogen) atoms. The summed E-state index contributed by atoms with van der Waals surface area (Å²) >= 11 is 6.12. The number of pyridine rings is 1. The van der Waals surface area contributed by atoms with Gasteiger partial charge in [-0.3, -0.25) is 4.68 Å². The van der Waals surface area contributed by atoms with Crippen molar-refractivity contribution in [3.05, 3.63) is 59.0 Å². The highest BCUT2D eigenvalue weighted by molar-refractivity contribution is 6.30. The van der Waals surface area contributed by atoms with Crippen molar-refractivity contribution in [3.63, 3.8) is 0 Å². The second-order valence-electron chi connectivity index (χ2n) is 8.40. The van der Waals surface area contributed by atoms with Crippen LogP contribution in [0.5, 0.6) is 0 Å². The number of rotatable bonds is 8. The Morgan fingerprint density at radius 2 is 2.00 bits per heavy atom. The molecule has 166 valence electrons. The van der Waals surface area contributed by atoms with Crippen LogP contribution in [0.25, 0.3) is 10.9 Å². The number of amides is 1. The number of benzene rings is 1. The Hall–Kier alpha value is -2.64. The molecule has 0 saturated heterocycles. The number of nitrogens with zero attached hydrogens (tertiary/aromatic N) is 3. The normalized spacial score (nSPS) is 12.7. The highest BCUT2D eigenvalue weighted by Gasteiger charge is 2.20. The summed E-state index contributed by atoms with van der Waals surface area (Å²) in [7, 11) is 1.87. The molecule has 2 heterocycles. The minimum atomic E-state index is -0.546. The third-order valence-corrected chi connectivity index (χ3v) is 4.86. The van der Waals surface area contributed by atoms with E-state index in [0.717, 1.165) is 28.6 Å². The fraction of sp³-hybridized carbons (Fsp3) is 0.435. The number of aryl methyl sites for hydroxylation is 1. The molecule has 0 aliphatic carbocycles. The predicted octanol–water partition coefficient (Wildman–Crippen LogP) is 5.18. The first-order valence-electron chi connectivity index (χ1n) is 10.3. The Morgan fingerprint density at radius 3 is 2.71 bits per heavy atom. The van der Waals surface area contributed by atoms with Gasteiger partial charge < -0.3 is 14.8 Å². The van der Waals surface area contributed by atoms with Gasteiger partial charge in [0.15, 0.2) is 0 Å². The van der Waals surface area contributed by atoms with Crippen molar-refractivity contribution in [2.45, 2.75) is 51.9 Å². The van der Waals surface area contributed by atoms with Crippen molar-refractivity contribution < 1.29 is 14.3 Å². The first-order valence-corrected chi connectivity index (χ1v) is 10.7. The second kappa shape index (κ2) is 10.1. The maximum absolute atomic E-state index is 12.3. The van der Waals surface area contributed by atoms with Crippen molar-refractivity contribution in [2.75, 3.05) is 6.61 Å². The van der Waals surface area contributed by atoms with Crippen molar-refractivity contribution in [1.29, 1.82) is 0 Å². The number of hydrogen-bond acceptors (Lipinski definition) is 5. The number of alkyl carbamates (subject to hydrolysis) is 1. The van der Waals surface area contributed by atoms with Crippen molar-refractivity contribution >= 4 is 28.6 Å². The summed E-state index contributed by atoms with van der Waals surface area (Å²) in [6.45, 7) is 6.40. The van der Waals surface area contributed by atoms with E-state index in [9.17, 15) is 4.79 Å². The van der Waals surface area contributed by atoms with Crippen LogP contribution in [-0.4, -0.2) is 33.1 Å². The molecule has 1 atom stereocenters. The van der Waals surface area contributed by atoms with Gasteiger partial charge in [-0.15, -0.1) is 0 Å². The van der Waals surface area contributed by atoms with Crippen LogP contribution in [0.1, 0.15) is 50.9 Å². The summed E-state index contributed by atoms with van der Waals surface area (Å²) in [6.07, 6.45) is 2.81. The molecular weight excluding hydrogens is 416 g/mol. The van der Waals surface area contributed by atoms with Crippen molar-refractivity contribution in [2.24, 2.45) is 7.05 Å². The first kappa shape index (κ1) is 23.0. The Morgan fingerprint density at radius 1 is 1.26 bits per heavy atom. The zero-order valence-electron chi connectivity index (χ0n) is 18.4. The fourth-order valence-corrected chi connectivity index (χ4v) is 3.59. The SMILES string of the molecule is Cn1ncc2cc(Cl)nc(COCCCC(NC(=O)OC(C)(C)C)c3ccccc3)c21. The van der Waals surface area contributed by atoms with E-state index < -0.39 is 11.7 Å². The molecule has 0 fully saturated rings. The molecule has 1 amide bonds. The zero-order valence-corrected chi connectivity index (χ0v) is 19.1. The summed E-state index contributed by atoms with van der Waals surface area (Å²) < 4.78 is 13.1. The van der Waals surface area contributed by atoms with Crippen LogP contribution in [0.3, 0.4) is 0 Å². The minimum Gasteiger partial charge on any atom is -0.444 e. The van der Waals surface area contributed by atoms with Crippen molar-refractivity contribution in [3.8, 4) is 0 Å². The van der Waals surface area contributed by atoms with Crippen LogP contribution in [0.15, 0.2) is 42.6 Å². The number of carbonyl (C=O) groups is 1. The van der Waals surface area contributed by atoms with Gasteiger partial charge in [-0.2, -0.15) is 5.10 Å². The zero-order chi connectivity index (χ0) is 22.4. The molecule has 0 aliphatic rings. The topological polar surface area (TPSA) is 78.3 Å². The van der Waals surface area contributed by atoms with Crippen LogP contribution in [-0.2, 0) is 23.1 Å².